The standard InChI is InChI=1S/C41H52O4/c1-24-16-32(17-25(2)38(24)42-9)36(33-18-26(3)39(43-10)27(4)19-33)14-13-15-37(34-20-28(5)40(44-11)29(6)21-34)35-22-30(7)41(45-12)31(8)23-35/h16-23,36-37H,13-15H2,1-12H3. The van der Waals surface area contributed by atoms with Gasteiger partial charge in [0.05, 0.1) is 28.4 Å². The zero-order chi connectivity index (χ0) is 33.0. The van der Waals surface area contributed by atoms with E-state index in [9.17, 15) is 0 Å². The summed E-state index contributed by atoms with van der Waals surface area (Å²) in [7, 11) is 7.03. The van der Waals surface area contributed by atoms with Gasteiger partial charge in [-0.05, 0) is 135 Å². The summed E-state index contributed by atoms with van der Waals surface area (Å²) >= 11 is 0. The Bertz CT molecular complexity index is 1330. The minimum absolute atomic E-state index is 0.246. The molecule has 0 aliphatic carbocycles. The van der Waals surface area contributed by atoms with Crippen molar-refractivity contribution in [2.24, 2.45) is 0 Å². The van der Waals surface area contributed by atoms with Crippen molar-refractivity contribution >= 4 is 0 Å². The predicted molar refractivity (Wildman–Crippen MR) is 187 cm³/mol. The second-order valence-corrected chi connectivity index (χ2v) is 12.8. The van der Waals surface area contributed by atoms with Crippen LogP contribution in [-0.2, 0) is 0 Å². The summed E-state index contributed by atoms with van der Waals surface area (Å²) < 4.78 is 22.9. The number of benzene rings is 4. The average molecular weight is 609 g/mol. The van der Waals surface area contributed by atoms with Crippen molar-refractivity contribution in [2.45, 2.75) is 86.5 Å². The lowest BCUT2D eigenvalue weighted by Gasteiger charge is -2.25. The molecule has 0 amide bonds. The lowest BCUT2D eigenvalue weighted by Crippen LogP contribution is -2.08. The monoisotopic (exact) mass is 608 g/mol. The molecule has 0 N–H and O–H groups in total. The fourth-order valence-electron chi connectivity index (χ4n) is 7.61. The lowest BCUT2D eigenvalue weighted by molar-refractivity contribution is 0.407. The van der Waals surface area contributed by atoms with E-state index in [2.05, 4.69) is 104 Å². The molecule has 0 fully saturated rings. The van der Waals surface area contributed by atoms with Crippen molar-refractivity contribution in [1.29, 1.82) is 0 Å². The summed E-state index contributed by atoms with van der Waals surface area (Å²) in [6.07, 6.45) is 3.10. The Labute approximate surface area is 271 Å². The zero-order valence-corrected chi connectivity index (χ0v) is 29.5. The van der Waals surface area contributed by atoms with Crippen LogP contribution in [0, 0.1) is 55.4 Å². The van der Waals surface area contributed by atoms with Crippen LogP contribution in [0.25, 0.3) is 0 Å². The molecular formula is C41H52O4. The van der Waals surface area contributed by atoms with Gasteiger partial charge in [0, 0.05) is 11.8 Å². The van der Waals surface area contributed by atoms with E-state index in [1.807, 2.05) is 0 Å². The Morgan fingerprint density at radius 3 is 0.689 bits per heavy atom. The van der Waals surface area contributed by atoms with Crippen LogP contribution >= 0.6 is 0 Å². The van der Waals surface area contributed by atoms with Crippen LogP contribution in [0.3, 0.4) is 0 Å². The van der Waals surface area contributed by atoms with Gasteiger partial charge in [0.25, 0.3) is 0 Å². The molecule has 0 aliphatic rings. The van der Waals surface area contributed by atoms with Crippen molar-refractivity contribution in [3.05, 3.63) is 115 Å². The summed E-state index contributed by atoms with van der Waals surface area (Å²) in [5.74, 6) is 4.36. The number of hydrogen-bond acceptors (Lipinski definition) is 4. The van der Waals surface area contributed by atoms with Gasteiger partial charge in [-0.3, -0.25) is 0 Å². The molecule has 0 atom stereocenters. The van der Waals surface area contributed by atoms with E-state index in [0.29, 0.717) is 0 Å². The first kappa shape index (κ1) is 34.0. The van der Waals surface area contributed by atoms with Crippen molar-refractivity contribution in [3.8, 4) is 23.0 Å². The predicted octanol–water partition coefficient (Wildman–Crippen LogP) is 10.3. The molecule has 0 bridgehead atoms. The maximum absolute atomic E-state index is 5.73. The van der Waals surface area contributed by atoms with Crippen LogP contribution in [0.15, 0.2) is 48.5 Å². The highest BCUT2D eigenvalue weighted by atomic mass is 16.5. The summed E-state index contributed by atoms with van der Waals surface area (Å²) in [5, 5.41) is 0. The topological polar surface area (TPSA) is 36.9 Å². The highest BCUT2D eigenvalue weighted by Crippen LogP contribution is 2.41. The third kappa shape index (κ3) is 7.16. The second kappa shape index (κ2) is 14.5. The molecule has 4 heteroatoms. The fourth-order valence-corrected chi connectivity index (χ4v) is 7.61. The molecule has 0 spiro atoms. The van der Waals surface area contributed by atoms with Crippen molar-refractivity contribution < 1.29 is 18.9 Å². The van der Waals surface area contributed by atoms with E-state index in [-0.39, 0.29) is 11.8 Å². The highest BCUT2D eigenvalue weighted by Gasteiger charge is 2.23. The van der Waals surface area contributed by atoms with Gasteiger partial charge in [-0.15, -0.1) is 0 Å². The normalized spacial score (nSPS) is 11.3. The molecule has 0 saturated heterocycles. The van der Waals surface area contributed by atoms with Gasteiger partial charge in [0.2, 0.25) is 0 Å². The maximum Gasteiger partial charge on any atom is 0.124 e. The summed E-state index contributed by atoms with van der Waals surface area (Å²) in [5.41, 5.74) is 14.7. The minimum atomic E-state index is 0.246. The van der Waals surface area contributed by atoms with E-state index in [4.69, 9.17) is 18.9 Å². The highest BCUT2D eigenvalue weighted by molar-refractivity contribution is 5.52. The SMILES string of the molecule is COc1c(C)cc(C(CCCC(c2cc(C)c(OC)c(C)c2)c2cc(C)c(OC)c(C)c2)c2cc(C)c(OC)c(C)c2)cc1C. The Morgan fingerprint density at radius 1 is 0.356 bits per heavy atom. The van der Waals surface area contributed by atoms with Gasteiger partial charge in [0.1, 0.15) is 23.0 Å². The third-order valence-corrected chi connectivity index (χ3v) is 9.34. The van der Waals surface area contributed by atoms with Crippen molar-refractivity contribution in [1.82, 2.24) is 0 Å². The van der Waals surface area contributed by atoms with Crippen LogP contribution in [-0.4, -0.2) is 28.4 Å². The molecule has 0 radical (unpaired) electrons. The molecule has 4 nitrogen and oxygen atoms in total. The van der Waals surface area contributed by atoms with E-state index < -0.39 is 0 Å². The quantitative estimate of drug-likeness (QED) is 0.160. The third-order valence-electron chi connectivity index (χ3n) is 9.34. The molecule has 0 unspecified atom stereocenters. The first-order valence-electron chi connectivity index (χ1n) is 16.0. The summed E-state index contributed by atoms with van der Waals surface area (Å²) in [6.45, 7) is 17.2. The van der Waals surface area contributed by atoms with Gasteiger partial charge in [-0.25, -0.2) is 0 Å². The minimum Gasteiger partial charge on any atom is -0.496 e. The molecule has 4 rings (SSSR count). The van der Waals surface area contributed by atoms with Gasteiger partial charge in [0.15, 0.2) is 0 Å². The first-order valence-corrected chi connectivity index (χ1v) is 16.0. The van der Waals surface area contributed by atoms with Crippen LogP contribution < -0.4 is 18.9 Å². The van der Waals surface area contributed by atoms with Gasteiger partial charge >= 0.3 is 0 Å². The second-order valence-electron chi connectivity index (χ2n) is 12.8. The molecule has 0 aromatic heterocycles. The van der Waals surface area contributed by atoms with Crippen LogP contribution in [0.5, 0.6) is 23.0 Å². The molecule has 0 saturated carbocycles. The summed E-state index contributed by atoms with van der Waals surface area (Å²) in [6, 6.07) is 18.5. The van der Waals surface area contributed by atoms with E-state index in [0.717, 1.165) is 42.3 Å². The van der Waals surface area contributed by atoms with Gasteiger partial charge < -0.3 is 18.9 Å². The average Bonchev–Trinajstić information content (AvgIpc) is 2.96. The molecule has 4 aromatic carbocycles. The molecule has 0 heterocycles. The zero-order valence-electron chi connectivity index (χ0n) is 29.5. The van der Waals surface area contributed by atoms with Crippen molar-refractivity contribution in [3.63, 3.8) is 0 Å². The van der Waals surface area contributed by atoms with Crippen molar-refractivity contribution in [2.75, 3.05) is 28.4 Å². The summed E-state index contributed by atoms with van der Waals surface area (Å²) in [4.78, 5) is 0. The molecule has 240 valence electrons. The van der Waals surface area contributed by atoms with E-state index in [1.165, 1.54) is 66.8 Å². The van der Waals surface area contributed by atoms with E-state index in [1.54, 1.807) is 28.4 Å². The Morgan fingerprint density at radius 2 is 0.533 bits per heavy atom. The number of ether oxygens (including phenoxy) is 4. The van der Waals surface area contributed by atoms with Crippen LogP contribution in [0.2, 0.25) is 0 Å². The number of aryl methyl sites for hydroxylation is 8. The number of rotatable bonds is 12. The smallest absolute Gasteiger partial charge is 0.124 e. The number of hydrogen-bond donors (Lipinski definition) is 0. The van der Waals surface area contributed by atoms with E-state index >= 15 is 0 Å². The Kier molecular flexibility index (Phi) is 10.9. The van der Waals surface area contributed by atoms with Crippen LogP contribution in [0.4, 0.5) is 0 Å². The molecule has 4 aromatic rings. The molecule has 45 heavy (non-hydrogen) atoms. The molecular weight excluding hydrogens is 556 g/mol. The van der Waals surface area contributed by atoms with Gasteiger partial charge in [-0.1, -0.05) is 55.0 Å². The largest absolute Gasteiger partial charge is 0.496 e. The van der Waals surface area contributed by atoms with Gasteiger partial charge in [-0.2, -0.15) is 0 Å². The maximum atomic E-state index is 5.73. The Hall–Kier alpha value is -3.92. The number of methoxy groups -OCH3 is 4. The lowest BCUT2D eigenvalue weighted by atomic mass is 9.80. The molecule has 0 aliphatic heterocycles. The first-order chi connectivity index (χ1) is 21.4. The fraction of sp³-hybridized carbons (Fsp3) is 0.415. The van der Waals surface area contributed by atoms with Crippen LogP contribution in [0.1, 0.15) is 97.9 Å². The Balaban J connectivity index is 1.77.